The van der Waals surface area contributed by atoms with E-state index in [9.17, 15) is 0 Å². The molecule has 0 amide bonds. The summed E-state index contributed by atoms with van der Waals surface area (Å²) in [6.45, 7) is 6.41. The highest BCUT2D eigenvalue weighted by Crippen LogP contribution is 2.41. The topological polar surface area (TPSA) is 15.3 Å². The maximum atomic E-state index is 3.84. The molecule has 110 valence electrons. The molecule has 2 nitrogen and oxygen atoms in total. The SMILES string of the molecule is CC1CCCC(CNC2CC2)(CN(C)CC2CC2)C1. The standard InChI is InChI=1S/C17H32N2/c1-14-4-3-9-17(10-14,12-18-16-7-8-16)13-19(2)11-15-5-6-15/h14-16,18H,3-13H2,1-2H3. The lowest BCUT2D eigenvalue weighted by molar-refractivity contribution is 0.0895. The van der Waals surface area contributed by atoms with E-state index in [4.69, 9.17) is 0 Å². The van der Waals surface area contributed by atoms with Gasteiger partial charge in [-0.15, -0.1) is 0 Å². The highest BCUT2D eigenvalue weighted by molar-refractivity contribution is 4.93. The van der Waals surface area contributed by atoms with Gasteiger partial charge in [-0.2, -0.15) is 0 Å². The maximum Gasteiger partial charge on any atom is 0.00684 e. The van der Waals surface area contributed by atoms with Crippen LogP contribution in [0.5, 0.6) is 0 Å². The zero-order valence-corrected chi connectivity index (χ0v) is 13.0. The van der Waals surface area contributed by atoms with Gasteiger partial charge < -0.3 is 10.2 Å². The Hall–Kier alpha value is -0.0800. The molecule has 0 saturated heterocycles. The zero-order chi connectivity index (χ0) is 13.3. The first-order valence-electron chi connectivity index (χ1n) is 8.57. The molecule has 3 rings (SSSR count). The third-order valence-electron chi connectivity index (χ3n) is 5.40. The molecule has 0 spiro atoms. The van der Waals surface area contributed by atoms with Crippen LogP contribution in [0.2, 0.25) is 0 Å². The highest BCUT2D eigenvalue weighted by atomic mass is 15.1. The summed E-state index contributed by atoms with van der Waals surface area (Å²) in [5.74, 6) is 1.96. The fraction of sp³-hybridized carbons (Fsp3) is 1.00. The summed E-state index contributed by atoms with van der Waals surface area (Å²) in [5.41, 5.74) is 0.573. The van der Waals surface area contributed by atoms with Crippen molar-refractivity contribution in [2.24, 2.45) is 17.3 Å². The van der Waals surface area contributed by atoms with Crippen LogP contribution in [0.15, 0.2) is 0 Å². The quantitative estimate of drug-likeness (QED) is 0.759. The summed E-state index contributed by atoms with van der Waals surface area (Å²) in [4.78, 5) is 2.64. The van der Waals surface area contributed by atoms with Gasteiger partial charge in [-0.1, -0.05) is 19.8 Å². The fourth-order valence-electron chi connectivity index (χ4n) is 4.16. The lowest BCUT2D eigenvalue weighted by Gasteiger charge is -2.43. The number of nitrogens with zero attached hydrogens (tertiary/aromatic N) is 1. The molecule has 0 heterocycles. The Morgan fingerprint density at radius 2 is 1.95 bits per heavy atom. The molecule has 2 unspecified atom stereocenters. The number of nitrogens with one attached hydrogen (secondary N) is 1. The van der Waals surface area contributed by atoms with Crippen molar-refractivity contribution in [3.63, 3.8) is 0 Å². The Morgan fingerprint density at radius 3 is 2.58 bits per heavy atom. The number of hydrogen-bond acceptors (Lipinski definition) is 2. The smallest absolute Gasteiger partial charge is 0.00684 e. The molecule has 3 saturated carbocycles. The van der Waals surface area contributed by atoms with Crippen molar-refractivity contribution < 1.29 is 0 Å². The maximum absolute atomic E-state index is 3.84. The van der Waals surface area contributed by atoms with Gasteiger partial charge in [0.15, 0.2) is 0 Å². The normalized spacial score (nSPS) is 35.8. The van der Waals surface area contributed by atoms with E-state index in [2.05, 4.69) is 24.2 Å². The lowest BCUT2D eigenvalue weighted by Crippen LogP contribution is -2.46. The molecule has 3 fully saturated rings. The molecular weight excluding hydrogens is 232 g/mol. The predicted octanol–water partition coefficient (Wildman–Crippen LogP) is 3.28. The van der Waals surface area contributed by atoms with Crippen molar-refractivity contribution in [3.8, 4) is 0 Å². The van der Waals surface area contributed by atoms with Crippen LogP contribution in [0.25, 0.3) is 0 Å². The fourth-order valence-corrected chi connectivity index (χ4v) is 4.16. The monoisotopic (exact) mass is 264 g/mol. The Kier molecular flexibility index (Phi) is 4.19. The second-order valence-corrected chi connectivity index (χ2v) is 8.00. The van der Waals surface area contributed by atoms with Crippen molar-refractivity contribution in [3.05, 3.63) is 0 Å². The van der Waals surface area contributed by atoms with Crippen molar-refractivity contribution in [1.82, 2.24) is 10.2 Å². The average molecular weight is 264 g/mol. The molecule has 0 aromatic heterocycles. The largest absolute Gasteiger partial charge is 0.313 e. The van der Waals surface area contributed by atoms with E-state index in [1.807, 2.05) is 0 Å². The predicted molar refractivity (Wildman–Crippen MR) is 81.3 cm³/mol. The molecule has 0 aliphatic heterocycles. The van der Waals surface area contributed by atoms with Crippen molar-refractivity contribution in [2.75, 3.05) is 26.7 Å². The Bertz CT molecular complexity index is 296. The van der Waals surface area contributed by atoms with Crippen LogP contribution in [0.3, 0.4) is 0 Å². The van der Waals surface area contributed by atoms with Gasteiger partial charge in [0.1, 0.15) is 0 Å². The minimum Gasteiger partial charge on any atom is -0.313 e. The van der Waals surface area contributed by atoms with E-state index in [0.29, 0.717) is 5.41 Å². The number of hydrogen-bond donors (Lipinski definition) is 1. The minimum atomic E-state index is 0.573. The van der Waals surface area contributed by atoms with Crippen molar-refractivity contribution in [2.45, 2.75) is 64.3 Å². The molecule has 1 N–H and O–H groups in total. The number of rotatable bonds is 7. The lowest BCUT2D eigenvalue weighted by atomic mass is 9.69. The highest BCUT2D eigenvalue weighted by Gasteiger charge is 2.38. The zero-order valence-electron chi connectivity index (χ0n) is 13.0. The summed E-state index contributed by atoms with van der Waals surface area (Å²) in [5, 5.41) is 3.84. The van der Waals surface area contributed by atoms with E-state index >= 15 is 0 Å². The molecule has 2 atom stereocenters. The van der Waals surface area contributed by atoms with Crippen molar-refractivity contribution in [1.29, 1.82) is 0 Å². The molecule has 19 heavy (non-hydrogen) atoms. The van der Waals surface area contributed by atoms with E-state index < -0.39 is 0 Å². The Labute approximate surface area is 119 Å². The van der Waals surface area contributed by atoms with Crippen LogP contribution >= 0.6 is 0 Å². The average Bonchev–Trinajstić information content (AvgIpc) is 3.22. The molecule has 3 aliphatic rings. The molecule has 3 aliphatic carbocycles. The second-order valence-electron chi connectivity index (χ2n) is 8.00. The summed E-state index contributed by atoms with van der Waals surface area (Å²) < 4.78 is 0. The summed E-state index contributed by atoms with van der Waals surface area (Å²) in [6.07, 6.45) is 11.6. The molecule has 0 radical (unpaired) electrons. The van der Waals surface area contributed by atoms with Gasteiger partial charge in [0.2, 0.25) is 0 Å². The molecule has 2 heteroatoms. The molecular formula is C17H32N2. The summed E-state index contributed by atoms with van der Waals surface area (Å²) >= 11 is 0. The third kappa shape index (κ3) is 4.19. The van der Waals surface area contributed by atoms with E-state index in [0.717, 1.165) is 17.9 Å². The van der Waals surface area contributed by atoms with Crippen LogP contribution in [0, 0.1) is 17.3 Å². The third-order valence-corrected chi connectivity index (χ3v) is 5.40. The first-order valence-corrected chi connectivity index (χ1v) is 8.57. The Morgan fingerprint density at radius 1 is 1.16 bits per heavy atom. The molecule has 0 aromatic rings. The first kappa shape index (κ1) is 13.9. The second kappa shape index (κ2) is 5.73. The molecule has 0 bridgehead atoms. The van der Waals surface area contributed by atoms with E-state index in [1.165, 1.54) is 71.0 Å². The van der Waals surface area contributed by atoms with Gasteiger partial charge in [0.05, 0.1) is 0 Å². The molecule has 0 aromatic carbocycles. The van der Waals surface area contributed by atoms with Crippen LogP contribution in [0.4, 0.5) is 0 Å². The van der Waals surface area contributed by atoms with Gasteiger partial charge in [-0.05, 0) is 62.8 Å². The van der Waals surface area contributed by atoms with Gasteiger partial charge >= 0.3 is 0 Å². The van der Waals surface area contributed by atoms with E-state index in [1.54, 1.807) is 0 Å². The Balaban J connectivity index is 1.56. The van der Waals surface area contributed by atoms with Crippen LogP contribution in [0.1, 0.15) is 58.3 Å². The van der Waals surface area contributed by atoms with Crippen LogP contribution < -0.4 is 5.32 Å². The summed E-state index contributed by atoms with van der Waals surface area (Å²) in [7, 11) is 2.36. The minimum absolute atomic E-state index is 0.573. The van der Waals surface area contributed by atoms with Gasteiger partial charge in [-0.3, -0.25) is 0 Å². The van der Waals surface area contributed by atoms with Gasteiger partial charge in [-0.25, -0.2) is 0 Å². The van der Waals surface area contributed by atoms with E-state index in [-0.39, 0.29) is 0 Å². The van der Waals surface area contributed by atoms with Crippen LogP contribution in [-0.2, 0) is 0 Å². The van der Waals surface area contributed by atoms with Gasteiger partial charge in [0.25, 0.3) is 0 Å². The van der Waals surface area contributed by atoms with Crippen LogP contribution in [-0.4, -0.2) is 37.6 Å². The van der Waals surface area contributed by atoms with Gasteiger partial charge in [0, 0.05) is 25.7 Å². The first-order chi connectivity index (χ1) is 9.15. The summed E-state index contributed by atoms with van der Waals surface area (Å²) in [6, 6.07) is 0.864. The van der Waals surface area contributed by atoms with Crippen molar-refractivity contribution >= 4 is 0 Å².